The number of rotatable bonds is 11. The molecule has 0 aliphatic carbocycles. The first-order valence-corrected chi connectivity index (χ1v) is 12.4. The molecule has 0 aliphatic rings. The van der Waals surface area contributed by atoms with Gasteiger partial charge in [-0.3, -0.25) is 4.79 Å². The Morgan fingerprint density at radius 3 is 2.58 bits per heavy atom. The Morgan fingerprint density at radius 1 is 1.18 bits per heavy atom. The third-order valence-electron chi connectivity index (χ3n) is 4.67. The zero-order valence-corrected chi connectivity index (χ0v) is 20.6. The minimum atomic E-state index is -0.763. The highest BCUT2D eigenvalue weighted by molar-refractivity contribution is 8.00. The molecular formula is C23H30N4O4S2. The monoisotopic (exact) mass is 490 g/mol. The van der Waals surface area contributed by atoms with Crippen molar-refractivity contribution in [3.8, 4) is 0 Å². The van der Waals surface area contributed by atoms with Gasteiger partial charge < -0.3 is 25.3 Å². The van der Waals surface area contributed by atoms with Crippen molar-refractivity contribution < 1.29 is 19.4 Å². The van der Waals surface area contributed by atoms with Crippen LogP contribution < -0.4 is 10.6 Å². The molecule has 1 amide bonds. The molecule has 0 aliphatic heterocycles. The molecule has 1 aromatic carbocycles. The molecule has 4 N–H and O–H groups in total. The van der Waals surface area contributed by atoms with Crippen molar-refractivity contribution in [1.82, 2.24) is 15.3 Å². The zero-order chi connectivity index (χ0) is 23.8. The van der Waals surface area contributed by atoms with E-state index in [2.05, 4.69) is 41.4 Å². The third-order valence-corrected chi connectivity index (χ3v) is 6.76. The number of benzene rings is 1. The molecule has 2 aromatic heterocycles. The highest BCUT2D eigenvalue weighted by Gasteiger charge is 2.19. The van der Waals surface area contributed by atoms with Gasteiger partial charge in [0.15, 0.2) is 5.13 Å². The van der Waals surface area contributed by atoms with E-state index in [4.69, 9.17) is 9.52 Å². The Labute approximate surface area is 201 Å². The van der Waals surface area contributed by atoms with Crippen LogP contribution in [0.2, 0.25) is 0 Å². The summed E-state index contributed by atoms with van der Waals surface area (Å²) in [5, 5.41) is 24.6. The number of thiazole rings is 1. The first-order chi connectivity index (χ1) is 15.7. The lowest BCUT2D eigenvalue weighted by Gasteiger charge is -2.12. The molecule has 0 radical (unpaired) electrons. The van der Waals surface area contributed by atoms with Gasteiger partial charge in [-0.2, -0.15) is 0 Å². The number of amides is 1. The summed E-state index contributed by atoms with van der Waals surface area (Å²) in [5.41, 5.74) is 1.86. The Balaban J connectivity index is 1.43. The molecule has 33 heavy (non-hydrogen) atoms. The molecular weight excluding hydrogens is 460 g/mol. The summed E-state index contributed by atoms with van der Waals surface area (Å²) in [6.07, 6.45) is 3.01. The van der Waals surface area contributed by atoms with Crippen LogP contribution in [0.1, 0.15) is 43.5 Å². The summed E-state index contributed by atoms with van der Waals surface area (Å²) in [4.78, 5) is 21.0. The average molecular weight is 491 g/mol. The van der Waals surface area contributed by atoms with E-state index < -0.39 is 6.10 Å². The van der Waals surface area contributed by atoms with Gasteiger partial charge in [0.2, 0.25) is 11.8 Å². The van der Waals surface area contributed by atoms with E-state index in [0.717, 1.165) is 21.1 Å². The Kier molecular flexibility index (Phi) is 9.04. The van der Waals surface area contributed by atoms with Crippen LogP contribution in [0.3, 0.4) is 0 Å². The molecule has 8 nitrogen and oxygen atoms in total. The topological polar surface area (TPSA) is 121 Å². The van der Waals surface area contributed by atoms with E-state index in [0.29, 0.717) is 29.9 Å². The second kappa shape index (κ2) is 11.8. The van der Waals surface area contributed by atoms with Crippen molar-refractivity contribution in [3.05, 3.63) is 59.4 Å². The van der Waals surface area contributed by atoms with E-state index in [9.17, 15) is 9.90 Å². The number of hydrogen-bond acceptors (Lipinski definition) is 9. The lowest BCUT2D eigenvalue weighted by Crippen LogP contribution is -2.28. The number of thioether (sulfide) groups is 1. The van der Waals surface area contributed by atoms with Crippen molar-refractivity contribution in [2.45, 2.75) is 55.2 Å². The van der Waals surface area contributed by atoms with Gasteiger partial charge >= 0.3 is 0 Å². The average Bonchev–Trinajstić information content (AvgIpc) is 3.42. The van der Waals surface area contributed by atoms with Gasteiger partial charge in [-0.05, 0) is 11.1 Å². The largest absolute Gasteiger partial charge is 0.444 e. The van der Waals surface area contributed by atoms with Crippen LogP contribution in [-0.4, -0.2) is 45.3 Å². The van der Waals surface area contributed by atoms with Gasteiger partial charge in [-0.15, -0.1) is 11.8 Å². The van der Waals surface area contributed by atoms with Crippen LogP contribution in [0, 0.1) is 0 Å². The van der Waals surface area contributed by atoms with Crippen molar-refractivity contribution in [2.24, 2.45) is 0 Å². The van der Waals surface area contributed by atoms with Crippen LogP contribution in [0.15, 0.2) is 45.3 Å². The number of carbonyl (C=O) groups excluding carboxylic acids is 1. The molecule has 0 saturated heterocycles. The first-order valence-electron chi connectivity index (χ1n) is 10.6. The summed E-state index contributed by atoms with van der Waals surface area (Å²) < 4.78 is 6.79. The minimum Gasteiger partial charge on any atom is -0.444 e. The number of carbonyl (C=O) groups is 1. The molecule has 178 valence electrons. The molecule has 0 fully saturated rings. The Hall–Kier alpha value is -2.24. The maximum absolute atomic E-state index is 12.4. The minimum absolute atomic E-state index is 0.0705. The molecule has 1 atom stereocenters. The fraction of sp³-hybridized carbons (Fsp3) is 0.435. The molecule has 0 unspecified atom stereocenters. The SMILES string of the molecule is CC(C)(C)c1cnc(CSc2cnc(NC(=O)Cc3ccc(CNC[C@H](O)CO)cc3)s2)o1. The summed E-state index contributed by atoms with van der Waals surface area (Å²) in [6.45, 7) is 6.89. The third kappa shape index (κ3) is 8.24. The quantitative estimate of drug-likeness (QED) is 0.302. The highest BCUT2D eigenvalue weighted by atomic mass is 32.2. The van der Waals surface area contributed by atoms with Crippen molar-refractivity contribution in [3.63, 3.8) is 0 Å². The second-order valence-corrected chi connectivity index (χ2v) is 11.0. The van der Waals surface area contributed by atoms with Crippen LogP contribution in [0.25, 0.3) is 0 Å². The van der Waals surface area contributed by atoms with Crippen molar-refractivity contribution in [2.75, 3.05) is 18.5 Å². The predicted molar refractivity (Wildman–Crippen MR) is 130 cm³/mol. The summed E-state index contributed by atoms with van der Waals surface area (Å²) in [6, 6.07) is 7.69. The number of aliphatic hydroxyl groups excluding tert-OH is 2. The lowest BCUT2D eigenvalue weighted by molar-refractivity contribution is -0.115. The van der Waals surface area contributed by atoms with Crippen molar-refractivity contribution in [1.29, 1.82) is 0 Å². The van der Waals surface area contributed by atoms with Crippen LogP contribution in [0.4, 0.5) is 5.13 Å². The van der Waals surface area contributed by atoms with Gasteiger partial charge in [0.1, 0.15) is 5.76 Å². The van der Waals surface area contributed by atoms with E-state index >= 15 is 0 Å². The normalized spacial score (nSPS) is 12.6. The molecule has 0 saturated carbocycles. The first kappa shape index (κ1) is 25.4. The maximum atomic E-state index is 12.4. The van der Waals surface area contributed by atoms with Crippen LogP contribution in [0.5, 0.6) is 0 Å². The fourth-order valence-electron chi connectivity index (χ4n) is 2.81. The molecule has 2 heterocycles. The van der Waals surface area contributed by atoms with Gasteiger partial charge in [-0.25, -0.2) is 9.97 Å². The Morgan fingerprint density at radius 2 is 1.91 bits per heavy atom. The fourth-order valence-corrected chi connectivity index (χ4v) is 4.55. The van der Waals surface area contributed by atoms with Crippen molar-refractivity contribution >= 4 is 34.1 Å². The molecule has 10 heteroatoms. The van der Waals surface area contributed by atoms with Gasteiger partial charge in [0.05, 0.1) is 41.5 Å². The van der Waals surface area contributed by atoms with E-state index in [1.165, 1.54) is 11.3 Å². The van der Waals surface area contributed by atoms with Crippen LogP contribution in [-0.2, 0) is 28.9 Å². The Bertz CT molecular complexity index is 1030. The number of aliphatic hydroxyl groups is 2. The number of hydrogen-bond donors (Lipinski definition) is 4. The van der Waals surface area contributed by atoms with Gasteiger partial charge in [-0.1, -0.05) is 56.4 Å². The summed E-state index contributed by atoms with van der Waals surface area (Å²) in [5.74, 6) is 2.01. The molecule has 0 spiro atoms. The molecule has 3 rings (SSSR count). The highest BCUT2D eigenvalue weighted by Crippen LogP contribution is 2.31. The lowest BCUT2D eigenvalue weighted by atomic mass is 9.94. The maximum Gasteiger partial charge on any atom is 0.230 e. The standard InChI is InChI=1S/C23H30N4O4S2/c1-23(2,3)18-11-25-20(31-18)14-32-21-12-26-22(33-21)27-19(30)8-15-4-6-16(7-5-15)9-24-10-17(29)13-28/h4-7,11-12,17,24,28-29H,8-10,13-14H2,1-3H3,(H,26,27,30)/t17-/m0/s1. The van der Waals surface area contributed by atoms with Crippen LogP contribution >= 0.6 is 23.1 Å². The number of nitrogens with one attached hydrogen (secondary N) is 2. The molecule has 3 aromatic rings. The number of nitrogens with zero attached hydrogens (tertiary/aromatic N) is 2. The van der Waals surface area contributed by atoms with E-state index in [1.807, 2.05) is 24.3 Å². The summed E-state index contributed by atoms with van der Waals surface area (Å²) >= 11 is 3.00. The van der Waals surface area contributed by atoms with Gasteiger partial charge in [0.25, 0.3) is 0 Å². The number of aromatic nitrogens is 2. The smallest absolute Gasteiger partial charge is 0.230 e. The van der Waals surface area contributed by atoms with E-state index in [-0.39, 0.29) is 24.3 Å². The van der Waals surface area contributed by atoms with E-state index in [1.54, 1.807) is 24.2 Å². The van der Waals surface area contributed by atoms with Gasteiger partial charge in [0, 0.05) is 18.5 Å². The predicted octanol–water partition coefficient (Wildman–Crippen LogP) is 3.34. The summed E-state index contributed by atoms with van der Waals surface area (Å²) in [7, 11) is 0. The molecule has 0 bridgehead atoms. The second-order valence-electron chi connectivity index (χ2n) is 8.65. The number of anilines is 1. The number of oxazole rings is 1. The zero-order valence-electron chi connectivity index (χ0n) is 19.0.